The Morgan fingerprint density at radius 1 is 1.13 bits per heavy atom. The minimum absolute atomic E-state index is 0.0507. The number of hydrogen-bond acceptors (Lipinski definition) is 4. The molecule has 0 bridgehead atoms. The molecule has 2 aromatic carbocycles. The number of aromatic nitrogens is 3. The normalized spacial score (nSPS) is 14.2. The number of thioether (sulfide) groups is 1. The van der Waals surface area contributed by atoms with Gasteiger partial charge in [0.1, 0.15) is 5.82 Å². The van der Waals surface area contributed by atoms with E-state index >= 15 is 0 Å². The van der Waals surface area contributed by atoms with Crippen molar-refractivity contribution in [2.45, 2.75) is 43.1 Å². The molecule has 1 aliphatic rings. The molecule has 0 aliphatic heterocycles. The van der Waals surface area contributed by atoms with Gasteiger partial charge in [-0.2, -0.15) is 0 Å². The highest BCUT2D eigenvalue weighted by atomic mass is 35.5. The maximum Gasteiger partial charge on any atom is 0.223 e. The minimum atomic E-state index is -0.273. The van der Waals surface area contributed by atoms with Gasteiger partial charge in [0.2, 0.25) is 5.91 Å². The van der Waals surface area contributed by atoms with E-state index in [2.05, 4.69) is 15.5 Å². The summed E-state index contributed by atoms with van der Waals surface area (Å²) in [7, 11) is 0. The van der Waals surface area contributed by atoms with Crippen LogP contribution in [0.3, 0.4) is 0 Å². The highest BCUT2D eigenvalue weighted by molar-refractivity contribution is 7.98. The summed E-state index contributed by atoms with van der Waals surface area (Å²) in [4.78, 5) is 12.5. The van der Waals surface area contributed by atoms with E-state index in [0.717, 1.165) is 31.2 Å². The van der Waals surface area contributed by atoms with Crippen LogP contribution in [0, 0.1) is 11.7 Å². The van der Waals surface area contributed by atoms with E-state index < -0.39 is 0 Å². The number of nitrogens with one attached hydrogen (secondary N) is 1. The highest BCUT2D eigenvalue weighted by Crippen LogP contribution is 2.31. The van der Waals surface area contributed by atoms with Gasteiger partial charge in [-0.25, -0.2) is 4.39 Å². The van der Waals surface area contributed by atoms with Crippen molar-refractivity contribution in [3.63, 3.8) is 0 Å². The van der Waals surface area contributed by atoms with Crippen molar-refractivity contribution in [1.29, 1.82) is 0 Å². The van der Waals surface area contributed by atoms with E-state index in [1.54, 1.807) is 30.3 Å². The number of rotatable bonds is 7. The van der Waals surface area contributed by atoms with E-state index in [1.165, 1.54) is 23.9 Å². The van der Waals surface area contributed by atoms with Crippen LogP contribution >= 0.6 is 35.0 Å². The number of hydrogen-bond donors (Lipinski definition) is 1. The zero-order valence-electron chi connectivity index (χ0n) is 16.7. The van der Waals surface area contributed by atoms with Gasteiger partial charge in [0.15, 0.2) is 11.0 Å². The van der Waals surface area contributed by atoms with E-state index in [-0.39, 0.29) is 24.2 Å². The summed E-state index contributed by atoms with van der Waals surface area (Å²) in [5.41, 5.74) is 1.64. The summed E-state index contributed by atoms with van der Waals surface area (Å²) in [5.74, 6) is 1.01. The van der Waals surface area contributed by atoms with Gasteiger partial charge in [0.05, 0.1) is 17.3 Å². The standard InChI is InChI=1S/C22H21Cl2FN4OS/c23-16-7-10-19(18(24)11-16)29-20(12-26-21(30)15-3-1-2-4-15)27-28-22(29)31-13-14-5-8-17(25)9-6-14/h5-11,15H,1-4,12-13H2,(H,26,30). The monoisotopic (exact) mass is 478 g/mol. The van der Waals surface area contributed by atoms with E-state index in [1.807, 2.05) is 4.57 Å². The molecule has 1 N–H and O–H groups in total. The lowest BCUT2D eigenvalue weighted by Crippen LogP contribution is -2.29. The Hall–Kier alpha value is -2.09. The van der Waals surface area contributed by atoms with Gasteiger partial charge >= 0.3 is 0 Å². The molecule has 31 heavy (non-hydrogen) atoms. The van der Waals surface area contributed by atoms with Crippen molar-refractivity contribution in [3.8, 4) is 5.69 Å². The van der Waals surface area contributed by atoms with Crippen LogP contribution in [-0.4, -0.2) is 20.7 Å². The third-order valence-corrected chi connectivity index (χ3v) is 6.82. The molecule has 1 aromatic heterocycles. The first kappa shape index (κ1) is 22.1. The van der Waals surface area contributed by atoms with Gasteiger partial charge in [0, 0.05) is 16.7 Å². The van der Waals surface area contributed by atoms with Crippen molar-refractivity contribution in [2.75, 3.05) is 0 Å². The predicted molar refractivity (Wildman–Crippen MR) is 121 cm³/mol. The van der Waals surface area contributed by atoms with Gasteiger partial charge in [0.25, 0.3) is 0 Å². The number of carbonyl (C=O) groups is 1. The first-order chi connectivity index (χ1) is 15.0. The molecule has 4 rings (SSSR count). The lowest BCUT2D eigenvalue weighted by molar-refractivity contribution is -0.125. The molecular formula is C22H21Cl2FN4OS. The molecule has 1 heterocycles. The van der Waals surface area contributed by atoms with Crippen LogP contribution in [-0.2, 0) is 17.1 Å². The zero-order chi connectivity index (χ0) is 21.8. The van der Waals surface area contributed by atoms with Crippen molar-refractivity contribution >= 4 is 40.9 Å². The number of halogens is 3. The van der Waals surface area contributed by atoms with Gasteiger partial charge in [-0.15, -0.1) is 10.2 Å². The average Bonchev–Trinajstić information content (AvgIpc) is 3.42. The number of carbonyl (C=O) groups excluding carboxylic acids is 1. The Labute approximate surface area is 194 Å². The fourth-order valence-electron chi connectivity index (χ4n) is 3.64. The van der Waals surface area contributed by atoms with Gasteiger partial charge in [-0.3, -0.25) is 9.36 Å². The maximum atomic E-state index is 13.2. The topological polar surface area (TPSA) is 59.8 Å². The quantitative estimate of drug-likeness (QED) is 0.435. The second kappa shape index (κ2) is 10.0. The van der Waals surface area contributed by atoms with Crippen LogP contribution in [0.1, 0.15) is 37.1 Å². The number of amides is 1. The zero-order valence-corrected chi connectivity index (χ0v) is 19.0. The van der Waals surface area contributed by atoms with Gasteiger partial charge in [-0.05, 0) is 48.7 Å². The first-order valence-electron chi connectivity index (χ1n) is 10.1. The average molecular weight is 479 g/mol. The lowest BCUT2D eigenvalue weighted by Gasteiger charge is -2.14. The van der Waals surface area contributed by atoms with Crippen molar-refractivity contribution in [1.82, 2.24) is 20.1 Å². The molecule has 0 radical (unpaired) electrons. The summed E-state index contributed by atoms with van der Waals surface area (Å²) in [6, 6.07) is 11.5. The van der Waals surface area contributed by atoms with Crippen LogP contribution in [0.4, 0.5) is 4.39 Å². The van der Waals surface area contributed by atoms with Crippen molar-refractivity contribution in [3.05, 3.63) is 69.7 Å². The maximum absolute atomic E-state index is 13.2. The Morgan fingerprint density at radius 2 is 1.87 bits per heavy atom. The third kappa shape index (κ3) is 5.40. The van der Waals surface area contributed by atoms with Crippen LogP contribution in [0.2, 0.25) is 10.0 Å². The lowest BCUT2D eigenvalue weighted by atomic mass is 10.1. The Balaban J connectivity index is 1.58. The molecule has 1 amide bonds. The third-order valence-electron chi connectivity index (χ3n) is 5.28. The largest absolute Gasteiger partial charge is 0.349 e. The van der Waals surface area contributed by atoms with Crippen molar-refractivity contribution < 1.29 is 9.18 Å². The molecule has 1 fully saturated rings. The van der Waals surface area contributed by atoms with Gasteiger partial charge in [-0.1, -0.05) is 59.9 Å². The molecule has 1 saturated carbocycles. The molecule has 5 nitrogen and oxygen atoms in total. The van der Waals surface area contributed by atoms with E-state index in [4.69, 9.17) is 23.2 Å². The van der Waals surface area contributed by atoms with E-state index in [9.17, 15) is 9.18 Å². The van der Waals surface area contributed by atoms with Crippen LogP contribution in [0.15, 0.2) is 47.6 Å². The summed E-state index contributed by atoms with van der Waals surface area (Å²) in [5, 5.41) is 13.2. The molecule has 3 aromatic rings. The van der Waals surface area contributed by atoms with Crippen LogP contribution < -0.4 is 5.32 Å². The summed E-state index contributed by atoms with van der Waals surface area (Å²) in [6.45, 7) is 0.248. The molecular weight excluding hydrogens is 458 g/mol. The van der Waals surface area contributed by atoms with Crippen molar-refractivity contribution in [2.24, 2.45) is 5.92 Å². The fourth-order valence-corrected chi connectivity index (χ4v) is 5.05. The minimum Gasteiger partial charge on any atom is -0.349 e. The number of benzene rings is 2. The molecule has 9 heteroatoms. The molecule has 0 atom stereocenters. The molecule has 162 valence electrons. The van der Waals surface area contributed by atoms with E-state index in [0.29, 0.717) is 32.5 Å². The molecule has 0 spiro atoms. The summed E-state index contributed by atoms with van der Waals surface area (Å²) in [6.07, 6.45) is 4.05. The smallest absolute Gasteiger partial charge is 0.223 e. The Bertz CT molecular complexity index is 1070. The summed E-state index contributed by atoms with van der Waals surface area (Å²) >= 11 is 14.0. The first-order valence-corrected chi connectivity index (χ1v) is 11.8. The van der Waals surface area contributed by atoms with Crippen LogP contribution in [0.25, 0.3) is 5.69 Å². The second-order valence-corrected chi connectivity index (χ2v) is 9.23. The van der Waals surface area contributed by atoms with Gasteiger partial charge < -0.3 is 5.32 Å². The molecule has 0 saturated heterocycles. The summed E-state index contributed by atoms with van der Waals surface area (Å²) < 4.78 is 15.0. The SMILES string of the molecule is O=C(NCc1nnc(SCc2ccc(F)cc2)n1-c1ccc(Cl)cc1Cl)C1CCCC1. The number of nitrogens with zero attached hydrogens (tertiary/aromatic N) is 3. The predicted octanol–water partition coefficient (Wildman–Crippen LogP) is 5.81. The molecule has 0 unspecified atom stereocenters. The Kier molecular flexibility index (Phi) is 7.15. The second-order valence-electron chi connectivity index (χ2n) is 7.44. The molecule has 1 aliphatic carbocycles. The fraction of sp³-hybridized carbons (Fsp3) is 0.318. The Morgan fingerprint density at radius 3 is 2.58 bits per heavy atom. The van der Waals surface area contributed by atoms with Crippen LogP contribution in [0.5, 0.6) is 0 Å². The highest BCUT2D eigenvalue weighted by Gasteiger charge is 2.24.